The average Bonchev–Trinajstić information content (AvgIpc) is 2.67. The van der Waals surface area contributed by atoms with Crippen molar-refractivity contribution in [3.8, 4) is 0 Å². The van der Waals surface area contributed by atoms with Gasteiger partial charge < -0.3 is 9.77 Å². The third kappa shape index (κ3) is 4.49. The minimum absolute atomic E-state index is 0.102. The maximum Gasteiger partial charge on any atom is 0.250 e. The molecule has 1 N–H and O–H groups in total. The summed E-state index contributed by atoms with van der Waals surface area (Å²) >= 11 is 9.92. The second-order valence-electron chi connectivity index (χ2n) is 6.24. The normalized spacial score (nSPS) is 12.8. The molecule has 0 aliphatic carbocycles. The van der Waals surface area contributed by atoms with Gasteiger partial charge in [-0.2, -0.15) is 0 Å². The molecule has 2 aromatic carbocycles. The lowest BCUT2D eigenvalue weighted by molar-refractivity contribution is 0.317. The molecular weight excluding hydrogens is 428 g/mol. The minimum atomic E-state index is -0.119. The Labute approximate surface area is 170 Å². The van der Waals surface area contributed by atoms with Gasteiger partial charge in [-0.25, -0.2) is 0 Å². The number of hydrogen-bond donors (Lipinski definition) is 1. The highest BCUT2D eigenvalue weighted by Crippen LogP contribution is 2.34. The number of hydrogen-bond acceptors (Lipinski definition) is 3. The Bertz CT molecular complexity index is 1030. The number of pyridine rings is 1. The molecule has 27 heavy (non-hydrogen) atoms. The maximum absolute atomic E-state index is 11.7. The third-order valence-electron chi connectivity index (χ3n) is 4.49. The van der Waals surface area contributed by atoms with Crippen LogP contribution in [0.5, 0.6) is 0 Å². The SMILES string of the molecule is Cn1cc(/C(CC(c2ccc(Br)cc2)c2ccccc2Cl)=N\O)ccc1=O. The molecule has 1 aromatic heterocycles. The highest BCUT2D eigenvalue weighted by molar-refractivity contribution is 9.10. The first-order valence-corrected chi connectivity index (χ1v) is 9.54. The number of rotatable bonds is 5. The van der Waals surface area contributed by atoms with E-state index >= 15 is 0 Å². The topological polar surface area (TPSA) is 54.6 Å². The second-order valence-corrected chi connectivity index (χ2v) is 7.57. The molecule has 0 amide bonds. The molecule has 0 aliphatic rings. The Kier molecular flexibility index (Phi) is 6.14. The molecule has 0 bridgehead atoms. The summed E-state index contributed by atoms with van der Waals surface area (Å²) in [6.45, 7) is 0. The molecule has 1 atom stereocenters. The third-order valence-corrected chi connectivity index (χ3v) is 5.36. The van der Waals surface area contributed by atoms with Gasteiger partial charge in [0.1, 0.15) is 0 Å². The zero-order valence-corrected chi connectivity index (χ0v) is 17.0. The molecule has 0 fully saturated rings. The van der Waals surface area contributed by atoms with Crippen molar-refractivity contribution in [3.05, 3.63) is 103 Å². The first kappa shape index (κ1) is 19.4. The molecule has 1 unspecified atom stereocenters. The van der Waals surface area contributed by atoms with Gasteiger partial charge in [-0.05, 0) is 35.4 Å². The zero-order valence-electron chi connectivity index (χ0n) is 14.6. The van der Waals surface area contributed by atoms with E-state index in [0.717, 1.165) is 15.6 Å². The van der Waals surface area contributed by atoms with Crippen molar-refractivity contribution < 1.29 is 5.21 Å². The smallest absolute Gasteiger partial charge is 0.250 e. The summed E-state index contributed by atoms with van der Waals surface area (Å²) in [5, 5.41) is 13.8. The fraction of sp³-hybridized carbons (Fsp3) is 0.143. The standard InChI is InChI=1S/C21H18BrClN2O2/c1-25-13-15(8-11-21(25)26)20(24-27)12-18(14-6-9-16(22)10-7-14)17-4-2-3-5-19(17)23/h2-11,13,18,27H,12H2,1H3/b24-20-. The van der Waals surface area contributed by atoms with E-state index in [1.165, 1.54) is 10.6 Å². The lowest BCUT2D eigenvalue weighted by Gasteiger charge is -2.20. The van der Waals surface area contributed by atoms with E-state index in [4.69, 9.17) is 11.6 Å². The van der Waals surface area contributed by atoms with Crippen molar-refractivity contribution in [2.24, 2.45) is 12.2 Å². The monoisotopic (exact) mass is 444 g/mol. The van der Waals surface area contributed by atoms with Crippen LogP contribution >= 0.6 is 27.5 Å². The molecule has 6 heteroatoms. The number of aryl methyl sites for hydroxylation is 1. The molecule has 3 aromatic rings. The van der Waals surface area contributed by atoms with E-state index in [9.17, 15) is 10.0 Å². The molecule has 0 saturated carbocycles. The first-order chi connectivity index (χ1) is 13.0. The molecule has 0 radical (unpaired) electrons. The largest absolute Gasteiger partial charge is 0.411 e. The highest BCUT2D eigenvalue weighted by atomic mass is 79.9. The summed E-state index contributed by atoms with van der Waals surface area (Å²) < 4.78 is 2.45. The van der Waals surface area contributed by atoms with Crippen LogP contribution in [-0.2, 0) is 7.05 Å². The Morgan fingerprint density at radius 2 is 1.85 bits per heavy atom. The number of benzene rings is 2. The zero-order chi connectivity index (χ0) is 19.4. The summed E-state index contributed by atoms with van der Waals surface area (Å²) in [4.78, 5) is 11.7. The van der Waals surface area contributed by atoms with E-state index in [1.54, 1.807) is 19.3 Å². The van der Waals surface area contributed by atoms with Gasteiger partial charge in [-0.3, -0.25) is 4.79 Å². The summed E-state index contributed by atoms with van der Waals surface area (Å²) in [6, 6.07) is 18.8. The van der Waals surface area contributed by atoms with E-state index in [-0.39, 0.29) is 11.5 Å². The maximum atomic E-state index is 11.7. The summed E-state index contributed by atoms with van der Waals surface area (Å²) in [6.07, 6.45) is 2.10. The van der Waals surface area contributed by atoms with Crippen molar-refractivity contribution in [1.29, 1.82) is 0 Å². The van der Waals surface area contributed by atoms with Gasteiger partial charge in [0.05, 0.1) is 5.71 Å². The summed E-state index contributed by atoms with van der Waals surface area (Å²) in [5.74, 6) is -0.102. The van der Waals surface area contributed by atoms with E-state index < -0.39 is 0 Å². The molecule has 0 aliphatic heterocycles. The number of aromatic nitrogens is 1. The number of oxime groups is 1. The Morgan fingerprint density at radius 3 is 2.48 bits per heavy atom. The van der Waals surface area contributed by atoms with Crippen molar-refractivity contribution in [2.75, 3.05) is 0 Å². The molecule has 4 nitrogen and oxygen atoms in total. The van der Waals surface area contributed by atoms with Gasteiger partial charge in [0, 0.05) is 46.7 Å². The Balaban J connectivity index is 2.04. The number of nitrogens with zero attached hydrogens (tertiary/aromatic N) is 2. The van der Waals surface area contributed by atoms with Crippen LogP contribution in [0.2, 0.25) is 5.02 Å². The van der Waals surface area contributed by atoms with Crippen LogP contribution in [0.25, 0.3) is 0 Å². The van der Waals surface area contributed by atoms with Crippen LogP contribution in [0, 0.1) is 0 Å². The lowest BCUT2D eigenvalue weighted by Crippen LogP contribution is -2.18. The fourth-order valence-electron chi connectivity index (χ4n) is 3.03. The first-order valence-electron chi connectivity index (χ1n) is 8.37. The van der Waals surface area contributed by atoms with Crippen LogP contribution in [0.15, 0.2) is 81.3 Å². The van der Waals surface area contributed by atoms with Crippen LogP contribution in [0.4, 0.5) is 0 Å². The quantitative estimate of drug-likeness (QED) is 0.333. The van der Waals surface area contributed by atoms with E-state index in [0.29, 0.717) is 22.7 Å². The Hall–Kier alpha value is -2.37. The molecular formula is C21H18BrClN2O2. The van der Waals surface area contributed by atoms with Crippen molar-refractivity contribution in [1.82, 2.24) is 4.57 Å². The van der Waals surface area contributed by atoms with Gasteiger partial charge in [0.2, 0.25) is 5.56 Å². The summed E-state index contributed by atoms with van der Waals surface area (Å²) in [5.41, 5.74) is 3.06. The van der Waals surface area contributed by atoms with Gasteiger partial charge >= 0.3 is 0 Å². The fourth-order valence-corrected chi connectivity index (χ4v) is 3.57. The van der Waals surface area contributed by atoms with Crippen LogP contribution in [0.1, 0.15) is 29.0 Å². The minimum Gasteiger partial charge on any atom is -0.411 e. The van der Waals surface area contributed by atoms with E-state index in [2.05, 4.69) is 21.1 Å². The van der Waals surface area contributed by atoms with Crippen LogP contribution in [-0.4, -0.2) is 15.5 Å². The van der Waals surface area contributed by atoms with Crippen molar-refractivity contribution in [2.45, 2.75) is 12.3 Å². The van der Waals surface area contributed by atoms with Gasteiger partial charge in [0.15, 0.2) is 0 Å². The molecule has 1 heterocycles. The summed E-state index contributed by atoms with van der Waals surface area (Å²) in [7, 11) is 1.67. The number of halogens is 2. The van der Waals surface area contributed by atoms with Crippen LogP contribution in [0.3, 0.4) is 0 Å². The lowest BCUT2D eigenvalue weighted by atomic mass is 9.85. The highest BCUT2D eigenvalue weighted by Gasteiger charge is 2.21. The molecule has 3 rings (SSSR count). The average molecular weight is 446 g/mol. The Morgan fingerprint density at radius 1 is 1.15 bits per heavy atom. The van der Waals surface area contributed by atoms with Crippen LogP contribution < -0.4 is 5.56 Å². The predicted octanol–water partition coefficient (Wildman–Crippen LogP) is 5.20. The predicted molar refractivity (Wildman–Crippen MR) is 112 cm³/mol. The van der Waals surface area contributed by atoms with Gasteiger partial charge in [0.25, 0.3) is 0 Å². The van der Waals surface area contributed by atoms with E-state index in [1.807, 2.05) is 48.5 Å². The van der Waals surface area contributed by atoms with Crippen molar-refractivity contribution in [3.63, 3.8) is 0 Å². The molecule has 0 spiro atoms. The molecule has 0 saturated heterocycles. The van der Waals surface area contributed by atoms with Gasteiger partial charge in [-0.15, -0.1) is 0 Å². The second kappa shape index (κ2) is 8.55. The van der Waals surface area contributed by atoms with Gasteiger partial charge in [-0.1, -0.05) is 63.0 Å². The molecule has 138 valence electrons. The van der Waals surface area contributed by atoms with Crippen molar-refractivity contribution >= 4 is 33.2 Å².